The quantitative estimate of drug-likeness (QED) is 0.610. The van der Waals surface area contributed by atoms with E-state index in [1.165, 1.54) is 6.08 Å². The van der Waals surface area contributed by atoms with Crippen LogP contribution >= 0.6 is 11.8 Å². The minimum atomic E-state index is -3.29. The number of nitrogens with one attached hydrogen (secondary N) is 2. The van der Waals surface area contributed by atoms with E-state index in [1.807, 2.05) is 30.5 Å². The van der Waals surface area contributed by atoms with Crippen LogP contribution in [0.3, 0.4) is 0 Å². The molecule has 0 atom stereocenters. The predicted molar refractivity (Wildman–Crippen MR) is 101 cm³/mol. The first-order valence-electron chi connectivity index (χ1n) is 7.07. The number of anilines is 2. The molecule has 0 heterocycles. The normalized spacial score (nSPS) is 11.4. The Labute approximate surface area is 146 Å². The topological polar surface area (TPSA) is 75.3 Å². The number of amides is 1. The number of hydrogen-bond acceptors (Lipinski definition) is 4. The van der Waals surface area contributed by atoms with Gasteiger partial charge in [0.25, 0.3) is 0 Å². The first-order chi connectivity index (χ1) is 11.4. The third-order valence-electron chi connectivity index (χ3n) is 3.00. The third-order valence-corrected chi connectivity index (χ3v) is 4.35. The first-order valence-corrected chi connectivity index (χ1v) is 10.2. The number of rotatable bonds is 6. The van der Waals surface area contributed by atoms with Crippen molar-refractivity contribution in [2.45, 2.75) is 4.90 Å². The van der Waals surface area contributed by atoms with Gasteiger partial charge in [-0.1, -0.05) is 12.1 Å². The smallest absolute Gasteiger partial charge is 0.248 e. The molecular formula is C17H18N2O3S2. The Balaban J connectivity index is 1.95. The standard InChI is InChI=1S/C17H18N2O3S2/c1-23-16-10-8-14(9-11-16)18-17(20)12-5-13-3-6-15(7-4-13)19-24(2,21)22/h3-12,19H,1-2H3,(H,18,20)/b12-5+. The minimum Gasteiger partial charge on any atom is -0.323 e. The van der Waals surface area contributed by atoms with Crippen molar-refractivity contribution in [1.29, 1.82) is 0 Å². The van der Waals surface area contributed by atoms with Crippen molar-refractivity contribution >= 4 is 45.1 Å². The molecule has 24 heavy (non-hydrogen) atoms. The van der Waals surface area contributed by atoms with Crippen LogP contribution in [0.2, 0.25) is 0 Å². The Bertz CT molecular complexity index is 827. The van der Waals surface area contributed by atoms with Crippen LogP contribution in [0, 0.1) is 0 Å². The van der Waals surface area contributed by atoms with E-state index < -0.39 is 10.0 Å². The largest absolute Gasteiger partial charge is 0.323 e. The van der Waals surface area contributed by atoms with Gasteiger partial charge in [-0.15, -0.1) is 11.8 Å². The summed E-state index contributed by atoms with van der Waals surface area (Å²) in [7, 11) is -3.29. The van der Waals surface area contributed by atoms with Crippen LogP contribution in [-0.4, -0.2) is 26.8 Å². The average Bonchev–Trinajstić information content (AvgIpc) is 2.53. The van der Waals surface area contributed by atoms with E-state index in [4.69, 9.17) is 0 Å². The third kappa shape index (κ3) is 6.10. The van der Waals surface area contributed by atoms with Crippen LogP contribution in [0.25, 0.3) is 6.08 Å². The maximum Gasteiger partial charge on any atom is 0.248 e. The monoisotopic (exact) mass is 362 g/mol. The van der Waals surface area contributed by atoms with E-state index in [0.29, 0.717) is 5.69 Å². The molecule has 0 aliphatic heterocycles. The van der Waals surface area contributed by atoms with Crippen LogP contribution in [0.4, 0.5) is 11.4 Å². The molecular weight excluding hydrogens is 344 g/mol. The van der Waals surface area contributed by atoms with Crippen LogP contribution < -0.4 is 10.0 Å². The van der Waals surface area contributed by atoms with Gasteiger partial charge in [0.15, 0.2) is 0 Å². The average molecular weight is 362 g/mol. The van der Waals surface area contributed by atoms with E-state index in [2.05, 4.69) is 10.0 Å². The highest BCUT2D eigenvalue weighted by atomic mass is 32.2. The van der Waals surface area contributed by atoms with Gasteiger partial charge < -0.3 is 5.32 Å². The highest BCUT2D eigenvalue weighted by Crippen LogP contribution is 2.17. The van der Waals surface area contributed by atoms with Gasteiger partial charge in [0, 0.05) is 22.3 Å². The fourth-order valence-corrected chi connectivity index (χ4v) is 2.88. The molecule has 7 heteroatoms. The summed E-state index contributed by atoms with van der Waals surface area (Å²) in [6, 6.07) is 14.3. The number of hydrogen-bond donors (Lipinski definition) is 2. The van der Waals surface area contributed by atoms with E-state index >= 15 is 0 Å². The van der Waals surface area contributed by atoms with Crippen molar-refractivity contribution in [3.8, 4) is 0 Å². The summed E-state index contributed by atoms with van der Waals surface area (Å²) in [4.78, 5) is 13.0. The summed E-state index contributed by atoms with van der Waals surface area (Å²) >= 11 is 1.64. The van der Waals surface area contributed by atoms with Crippen LogP contribution in [0.5, 0.6) is 0 Å². The SMILES string of the molecule is CSc1ccc(NC(=O)/C=C/c2ccc(NS(C)(=O)=O)cc2)cc1. The number of carbonyl (C=O) groups excluding carboxylic acids is 1. The molecule has 0 saturated carbocycles. The molecule has 0 bridgehead atoms. The Morgan fingerprint density at radius 1 is 1.00 bits per heavy atom. The van der Waals surface area contributed by atoms with Crippen molar-refractivity contribution in [3.05, 3.63) is 60.2 Å². The predicted octanol–water partition coefficient (Wildman–Crippen LogP) is 3.43. The molecule has 5 nitrogen and oxygen atoms in total. The van der Waals surface area contributed by atoms with Crippen LogP contribution in [0.1, 0.15) is 5.56 Å². The van der Waals surface area contributed by atoms with Crippen molar-refractivity contribution in [2.75, 3.05) is 22.6 Å². The van der Waals surface area contributed by atoms with Gasteiger partial charge in [0.2, 0.25) is 15.9 Å². The van der Waals surface area contributed by atoms with Crippen molar-refractivity contribution in [3.63, 3.8) is 0 Å². The zero-order chi connectivity index (χ0) is 17.6. The lowest BCUT2D eigenvalue weighted by Crippen LogP contribution is -2.09. The number of benzene rings is 2. The Morgan fingerprint density at radius 2 is 1.58 bits per heavy atom. The highest BCUT2D eigenvalue weighted by Gasteiger charge is 2.01. The molecule has 0 spiro atoms. The van der Waals surface area contributed by atoms with E-state index in [-0.39, 0.29) is 5.91 Å². The summed E-state index contributed by atoms with van der Waals surface area (Å²) in [6.45, 7) is 0. The molecule has 0 radical (unpaired) electrons. The number of carbonyl (C=O) groups is 1. The van der Waals surface area contributed by atoms with Gasteiger partial charge >= 0.3 is 0 Å². The van der Waals surface area contributed by atoms with Crippen molar-refractivity contribution in [2.24, 2.45) is 0 Å². The molecule has 0 aliphatic carbocycles. The Kier molecular flexibility index (Phi) is 6.05. The summed E-state index contributed by atoms with van der Waals surface area (Å²) in [5.74, 6) is -0.231. The Hall–Kier alpha value is -2.25. The van der Waals surface area contributed by atoms with Gasteiger partial charge in [-0.2, -0.15) is 0 Å². The zero-order valence-corrected chi connectivity index (χ0v) is 14.9. The summed E-state index contributed by atoms with van der Waals surface area (Å²) in [5.41, 5.74) is 2.00. The maximum atomic E-state index is 11.9. The van der Waals surface area contributed by atoms with E-state index in [9.17, 15) is 13.2 Å². The van der Waals surface area contributed by atoms with Crippen LogP contribution in [0.15, 0.2) is 59.5 Å². The molecule has 2 aromatic rings. The van der Waals surface area contributed by atoms with Crippen molar-refractivity contribution in [1.82, 2.24) is 0 Å². The summed E-state index contributed by atoms with van der Waals surface area (Å²) < 4.78 is 24.7. The van der Waals surface area contributed by atoms with Gasteiger partial charge in [-0.05, 0) is 54.3 Å². The second-order valence-electron chi connectivity index (χ2n) is 5.05. The molecule has 0 saturated heterocycles. The second-order valence-corrected chi connectivity index (χ2v) is 7.68. The molecule has 2 rings (SSSR count). The fourth-order valence-electron chi connectivity index (χ4n) is 1.91. The fraction of sp³-hybridized carbons (Fsp3) is 0.118. The molecule has 2 N–H and O–H groups in total. The molecule has 1 amide bonds. The molecule has 0 aromatic heterocycles. The van der Waals surface area contributed by atoms with Gasteiger partial charge in [0.05, 0.1) is 6.26 Å². The lowest BCUT2D eigenvalue weighted by molar-refractivity contribution is -0.111. The molecule has 0 fully saturated rings. The zero-order valence-electron chi connectivity index (χ0n) is 13.3. The van der Waals surface area contributed by atoms with Crippen molar-refractivity contribution < 1.29 is 13.2 Å². The highest BCUT2D eigenvalue weighted by molar-refractivity contribution is 7.98. The number of sulfonamides is 1. The van der Waals surface area contributed by atoms with E-state index in [1.54, 1.807) is 42.1 Å². The lowest BCUT2D eigenvalue weighted by atomic mass is 10.2. The van der Waals surface area contributed by atoms with E-state index in [0.717, 1.165) is 22.4 Å². The van der Waals surface area contributed by atoms with Gasteiger partial charge in [-0.3, -0.25) is 9.52 Å². The van der Waals surface area contributed by atoms with Crippen LogP contribution in [-0.2, 0) is 14.8 Å². The second kappa shape index (κ2) is 8.03. The minimum absolute atomic E-state index is 0.231. The summed E-state index contributed by atoms with van der Waals surface area (Å²) in [6.07, 6.45) is 6.18. The number of thioether (sulfide) groups is 1. The lowest BCUT2D eigenvalue weighted by Gasteiger charge is -2.04. The molecule has 0 aliphatic rings. The van der Waals surface area contributed by atoms with Gasteiger partial charge in [0.1, 0.15) is 0 Å². The molecule has 126 valence electrons. The molecule has 2 aromatic carbocycles. The summed E-state index contributed by atoms with van der Waals surface area (Å²) in [5, 5.41) is 2.78. The first kappa shape index (κ1) is 18.1. The molecule has 0 unspecified atom stereocenters. The Morgan fingerprint density at radius 3 is 2.12 bits per heavy atom. The van der Waals surface area contributed by atoms with Gasteiger partial charge in [-0.25, -0.2) is 8.42 Å². The maximum absolute atomic E-state index is 11.9.